The predicted octanol–water partition coefficient (Wildman–Crippen LogP) is -0.529. The van der Waals surface area contributed by atoms with Crippen molar-refractivity contribution in [1.29, 1.82) is 0 Å². The van der Waals surface area contributed by atoms with Gasteiger partial charge in [-0.05, 0) is 6.92 Å². The molecule has 0 aliphatic rings. The van der Waals surface area contributed by atoms with Crippen LogP contribution in [0.5, 0.6) is 6.01 Å². The number of anilines is 1. The van der Waals surface area contributed by atoms with Gasteiger partial charge in [0.1, 0.15) is 5.82 Å². The Labute approximate surface area is 99.6 Å². The molecule has 0 aliphatic heterocycles. The van der Waals surface area contributed by atoms with Gasteiger partial charge >= 0.3 is 12.0 Å². The molecule has 1 aromatic rings. The standard InChI is InChI=1S/C7H11N5O4S/c1-4-8-5(10-6(9-4)16-3)12(2)7(13)11-17(14)15/h1-3H3,(H,11,13)(H,14,15). The number of nitrogens with zero attached hydrogens (tertiary/aromatic N) is 4. The Morgan fingerprint density at radius 3 is 2.65 bits per heavy atom. The normalized spacial score (nSPS) is 11.8. The zero-order chi connectivity index (χ0) is 13.0. The number of aromatic nitrogens is 3. The Kier molecular flexibility index (Phi) is 4.29. The number of methoxy groups -OCH3 is 1. The van der Waals surface area contributed by atoms with Crippen LogP contribution in [-0.2, 0) is 11.3 Å². The van der Waals surface area contributed by atoms with Gasteiger partial charge in [-0.3, -0.25) is 9.45 Å². The van der Waals surface area contributed by atoms with E-state index in [1.54, 1.807) is 11.6 Å². The van der Waals surface area contributed by atoms with Gasteiger partial charge < -0.3 is 4.74 Å². The third-order valence-electron chi connectivity index (χ3n) is 1.68. The van der Waals surface area contributed by atoms with Crippen LogP contribution >= 0.6 is 0 Å². The molecule has 0 radical (unpaired) electrons. The van der Waals surface area contributed by atoms with Crippen LogP contribution < -0.4 is 14.4 Å². The fourth-order valence-corrected chi connectivity index (χ4v) is 1.21. The van der Waals surface area contributed by atoms with Crippen molar-refractivity contribution < 1.29 is 18.3 Å². The molecule has 1 atom stereocenters. The highest BCUT2D eigenvalue weighted by atomic mass is 32.2. The van der Waals surface area contributed by atoms with Gasteiger partial charge in [0.15, 0.2) is 0 Å². The van der Waals surface area contributed by atoms with Gasteiger partial charge in [0, 0.05) is 7.05 Å². The Balaban J connectivity index is 2.95. The summed E-state index contributed by atoms with van der Waals surface area (Å²) in [6, 6.07) is -0.768. The summed E-state index contributed by atoms with van der Waals surface area (Å²) >= 11 is -2.45. The smallest absolute Gasteiger partial charge is 0.337 e. The minimum atomic E-state index is -2.45. The largest absolute Gasteiger partial charge is 0.467 e. The van der Waals surface area contributed by atoms with Gasteiger partial charge in [0.2, 0.25) is 5.95 Å². The number of amides is 2. The number of rotatable bonds is 3. The van der Waals surface area contributed by atoms with E-state index in [1.807, 2.05) is 0 Å². The van der Waals surface area contributed by atoms with Crippen molar-refractivity contribution in [3.05, 3.63) is 5.82 Å². The van der Waals surface area contributed by atoms with E-state index < -0.39 is 17.3 Å². The van der Waals surface area contributed by atoms with Crippen LogP contribution in [0.2, 0.25) is 0 Å². The van der Waals surface area contributed by atoms with Gasteiger partial charge in [-0.2, -0.15) is 15.0 Å². The van der Waals surface area contributed by atoms with Crippen molar-refractivity contribution >= 4 is 23.2 Å². The van der Waals surface area contributed by atoms with E-state index in [2.05, 4.69) is 15.0 Å². The van der Waals surface area contributed by atoms with Crippen molar-refractivity contribution in [2.45, 2.75) is 6.92 Å². The Hall–Kier alpha value is -1.81. The molecule has 1 heterocycles. The lowest BCUT2D eigenvalue weighted by Crippen LogP contribution is -2.39. The second-order valence-corrected chi connectivity index (χ2v) is 3.59. The second kappa shape index (κ2) is 5.50. The fourth-order valence-electron chi connectivity index (χ4n) is 0.919. The van der Waals surface area contributed by atoms with E-state index in [0.29, 0.717) is 5.82 Å². The third-order valence-corrected chi connectivity index (χ3v) is 2.03. The van der Waals surface area contributed by atoms with Gasteiger partial charge in [-0.1, -0.05) is 0 Å². The number of ether oxygens (including phenoxy) is 1. The van der Waals surface area contributed by atoms with Crippen LogP contribution in [0, 0.1) is 6.92 Å². The van der Waals surface area contributed by atoms with Crippen LogP contribution in [0.1, 0.15) is 5.82 Å². The van der Waals surface area contributed by atoms with E-state index in [-0.39, 0.29) is 12.0 Å². The highest BCUT2D eigenvalue weighted by Gasteiger charge is 2.16. The van der Waals surface area contributed by atoms with Crippen molar-refractivity contribution in [3.8, 4) is 6.01 Å². The summed E-state index contributed by atoms with van der Waals surface area (Å²) < 4.78 is 25.5. The molecule has 17 heavy (non-hydrogen) atoms. The summed E-state index contributed by atoms with van der Waals surface area (Å²) in [4.78, 5) is 23.9. The SMILES string of the molecule is COc1nc(C)nc(N(C)C(=O)NS(=O)O)n1. The van der Waals surface area contributed by atoms with Crippen molar-refractivity contribution in [1.82, 2.24) is 19.7 Å². The van der Waals surface area contributed by atoms with Crippen LogP contribution in [0.4, 0.5) is 10.7 Å². The first-order chi connectivity index (χ1) is 7.93. The van der Waals surface area contributed by atoms with Crippen molar-refractivity contribution in [3.63, 3.8) is 0 Å². The molecular formula is C7H11N5O4S. The molecule has 0 bridgehead atoms. The van der Waals surface area contributed by atoms with Crippen LogP contribution in [0.3, 0.4) is 0 Å². The Morgan fingerprint density at radius 2 is 2.12 bits per heavy atom. The molecule has 1 rings (SSSR count). The maximum Gasteiger partial charge on any atom is 0.337 e. The second-order valence-electron chi connectivity index (χ2n) is 2.88. The monoisotopic (exact) mass is 261 g/mol. The number of nitrogens with one attached hydrogen (secondary N) is 1. The first-order valence-electron chi connectivity index (χ1n) is 4.36. The summed E-state index contributed by atoms with van der Waals surface area (Å²) in [5.74, 6) is 0.369. The number of carbonyl (C=O) groups is 1. The van der Waals surface area contributed by atoms with Crippen molar-refractivity contribution in [2.75, 3.05) is 19.1 Å². The lowest BCUT2D eigenvalue weighted by molar-refractivity contribution is 0.251. The maximum atomic E-state index is 11.4. The van der Waals surface area contributed by atoms with Crippen LogP contribution in [-0.4, -0.2) is 43.9 Å². The quantitative estimate of drug-likeness (QED) is 0.702. The topological polar surface area (TPSA) is 118 Å². The summed E-state index contributed by atoms with van der Waals surface area (Å²) in [5, 5.41) is 0. The highest BCUT2D eigenvalue weighted by Crippen LogP contribution is 2.10. The molecule has 0 spiro atoms. The molecule has 1 unspecified atom stereocenters. The Morgan fingerprint density at radius 1 is 1.47 bits per heavy atom. The van der Waals surface area contributed by atoms with Gasteiger partial charge in [0.25, 0.3) is 11.3 Å². The van der Waals surface area contributed by atoms with E-state index in [0.717, 1.165) is 4.90 Å². The van der Waals surface area contributed by atoms with E-state index >= 15 is 0 Å². The molecule has 0 aliphatic carbocycles. The fraction of sp³-hybridized carbons (Fsp3) is 0.429. The molecule has 1 aromatic heterocycles. The molecule has 0 fully saturated rings. The number of urea groups is 1. The minimum absolute atomic E-state index is 0.0114. The highest BCUT2D eigenvalue weighted by molar-refractivity contribution is 7.77. The van der Waals surface area contributed by atoms with E-state index in [9.17, 15) is 9.00 Å². The molecule has 0 aromatic carbocycles. The van der Waals surface area contributed by atoms with Crippen LogP contribution in [0.25, 0.3) is 0 Å². The molecule has 10 heteroatoms. The van der Waals surface area contributed by atoms with Crippen molar-refractivity contribution in [2.24, 2.45) is 0 Å². The van der Waals surface area contributed by atoms with Gasteiger partial charge in [0.05, 0.1) is 7.11 Å². The zero-order valence-corrected chi connectivity index (χ0v) is 10.2. The zero-order valence-electron chi connectivity index (χ0n) is 9.37. The van der Waals surface area contributed by atoms with Crippen LogP contribution in [0.15, 0.2) is 0 Å². The molecular weight excluding hydrogens is 250 g/mol. The Bertz CT molecular complexity index is 454. The number of hydrogen-bond acceptors (Lipinski definition) is 6. The lowest BCUT2D eigenvalue weighted by Gasteiger charge is -2.14. The average molecular weight is 261 g/mol. The van der Waals surface area contributed by atoms with Gasteiger partial charge in [-0.15, -0.1) is 0 Å². The molecule has 94 valence electrons. The molecule has 2 amide bonds. The average Bonchev–Trinajstić information content (AvgIpc) is 2.26. The summed E-state index contributed by atoms with van der Waals surface area (Å²) in [7, 11) is 2.72. The first-order valence-corrected chi connectivity index (χ1v) is 5.46. The molecule has 0 saturated carbocycles. The minimum Gasteiger partial charge on any atom is -0.467 e. The molecule has 9 nitrogen and oxygen atoms in total. The third kappa shape index (κ3) is 3.60. The number of carbonyl (C=O) groups excluding carboxylic acids is 1. The lowest BCUT2D eigenvalue weighted by atomic mass is 10.6. The summed E-state index contributed by atoms with van der Waals surface area (Å²) in [6.45, 7) is 1.60. The van der Waals surface area contributed by atoms with E-state index in [4.69, 9.17) is 9.29 Å². The number of hydrogen-bond donors (Lipinski definition) is 2. The first kappa shape index (κ1) is 13.3. The number of aryl methyl sites for hydroxylation is 1. The summed E-state index contributed by atoms with van der Waals surface area (Å²) in [5.41, 5.74) is 0. The van der Waals surface area contributed by atoms with E-state index in [1.165, 1.54) is 14.2 Å². The summed E-state index contributed by atoms with van der Waals surface area (Å²) in [6.07, 6.45) is 0. The maximum absolute atomic E-state index is 11.4. The molecule has 0 saturated heterocycles. The molecule has 2 N–H and O–H groups in total. The van der Waals surface area contributed by atoms with Gasteiger partial charge in [-0.25, -0.2) is 13.7 Å². The predicted molar refractivity (Wildman–Crippen MR) is 58.8 cm³/mol.